The molecule has 194 valence electrons. The Morgan fingerprint density at radius 2 is 1.86 bits per heavy atom. The Kier molecular flexibility index (Phi) is 6.87. The fraction of sp³-hybridized carbons (Fsp3) is 0.519. The highest BCUT2D eigenvalue weighted by molar-refractivity contribution is 5.68. The molecule has 2 heterocycles. The van der Waals surface area contributed by atoms with Gasteiger partial charge in [0.05, 0.1) is 18.6 Å². The SMILES string of the molecule is O=C(O)CC1COc2cc(O[C@@H]3CCc4c3ccc(C(F)(F)F)c4CN3CCC(CO)CC3)ccc21. The van der Waals surface area contributed by atoms with Gasteiger partial charge in [-0.15, -0.1) is 0 Å². The second-order valence-corrected chi connectivity index (χ2v) is 10.0. The van der Waals surface area contributed by atoms with Gasteiger partial charge in [-0.2, -0.15) is 13.2 Å². The van der Waals surface area contributed by atoms with Gasteiger partial charge in [0.1, 0.15) is 17.6 Å². The number of hydrogen-bond acceptors (Lipinski definition) is 5. The van der Waals surface area contributed by atoms with Crippen LogP contribution in [-0.4, -0.2) is 47.4 Å². The van der Waals surface area contributed by atoms with E-state index in [2.05, 4.69) is 4.90 Å². The maximum absolute atomic E-state index is 13.9. The van der Waals surface area contributed by atoms with E-state index in [1.807, 2.05) is 6.07 Å². The van der Waals surface area contributed by atoms with Gasteiger partial charge in [0.25, 0.3) is 0 Å². The molecule has 0 amide bonds. The smallest absolute Gasteiger partial charge is 0.416 e. The average Bonchev–Trinajstić information content (AvgIpc) is 3.43. The molecule has 3 aliphatic rings. The molecule has 0 saturated carbocycles. The highest BCUT2D eigenvalue weighted by atomic mass is 19.4. The van der Waals surface area contributed by atoms with Crippen LogP contribution in [-0.2, 0) is 23.9 Å². The summed E-state index contributed by atoms with van der Waals surface area (Å²) >= 11 is 0. The van der Waals surface area contributed by atoms with Crippen LogP contribution in [0.5, 0.6) is 11.5 Å². The first-order chi connectivity index (χ1) is 17.2. The van der Waals surface area contributed by atoms with E-state index in [4.69, 9.17) is 14.6 Å². The van der Waals surface area contributed by atoms with Crippen molar-refractivity contribution in [1.82, 2.24) is 4.90 Å². The molecule has 2 atom stereocenters. The van der Waals surface area contributed by atoms with Gasteiger partial charge < -0.3 is 19.7 Å². The van der Waals surface area contributed by atoms with Gasteiger partial charge in [-0.1, -0.05) is 12.1 Å². The molecule has 0 aromatic heterocycles. The van der Waals surface area contributed by atoms with E-state index in [-0.39, 0.29) is 37.5 Å². The molecule has 2 aromatic rings. The van der Waals surface area contributed by atoms with Crippen LogP contribution in [0.4, 0.5) is 13.2 Å². The van der Waals surface area contributed by atoms with E-state index in [9.17, 15) is 23.1 Å². The summed E-state index contributed by atoms with van der Waals surface area (Å²) in [5, 5.41) is 18.5. The lowest BCUT2D eigenvalue weighted by Gasteiger charge is -2.32. The van der Waals surface area contributed by atoms with Crippen molar-refractivity contribution < 1.29 is 37.7 Å². The van der Waals surface area contributed by atoms with Crippen molar-refractivity contribution >= 4 is 5.97 Å². The molecule has 36 heavy (non-hydrogen) atoms. The molecule has 6 nitrogen and oxygen atoms in total. The maximum Gasteiger partial charge on any atom is 0.416 e. The number of benzene rings is 2. The van der Waals surface area contributed by atoms with E-state index >= 15 is 0 Å². The Morgan fingerprint density at radius 3 is 2.56 bits per heavy atom. The lowest BCUT2D eigenvalue weighted by atomic mass is 9.93. The monoisotopic (exact) mass is 505 g/mol. The average molecular weight is 506 g/mol. The Labute approximate surface area is 207 Å². The molecular formula is C27H30F3NO5. The van der Waals surface area contributed by atoms with Crippen LogP contribution >= 0.6 is 0 Å². The van der Waals surface area contributed by atoms with Crippen LogP contribution in [0, 0.1) is 5.92 Å². The number of hydrogen-bond donors (Lipinski definition) is 2. The Morgan fingerprint density at radius 1 is 1.11 bits per heavy atom. The number of likely N-dealkylation sites (tertiary alicyclic amines) is 1. The zero-order valence-electron chi connectivity index (χ0n) is 19.9. The number of aliphatic carboxylic acids is 1. The van der Waals surface area contributed by atoms with Crippen molar-refractivity contribution in [2.24, 2.45) is 5.92 Å². The van der Waals surface area contributed by atoms with Crippen molar-refractivity contribution in [1.29, 1.82) is 0 Å². The molecule has 1 aliphatic carbocycles. The molecule has 5 rings (SSSR count). The van der Waals surface area contributed by atoms with Gasteiger partial charge in [-0.3, -0.25) is 9.69 Å². The summed E-state index contributed by atoms with van der Waals surface area (Å²) in [6.07, 6.45) is -2.15. The molecule has 0 bridgehead atoms. The maximum atomic E-state index is 13.9. The van der Waals surface area contributed by atoms with Gasteiger partial charge in [0.15, 0.2) is 0 Å². The highest BCUT2D eigenvalue weighted by Gasteiger charge is 2.38. The largest absolute Gasteiger partial charge is 0.492 e. The number of fused-ring (bicyclic) bond motifs is 2. The summed E-state index contributed by atoms with van der Waals surface area (Å²) in [5.41, 5.74) is 2.09. The van der Waals surface area contributed by atoms with Crippen molar-refractivity contribution in [2.45, 2.75) is 56.8 Å². The first kappa shape index (κ1) is 24.9. The third-order valence-electron chi connectivity index (χ3n) is 7.69. The number of ether oxygens (including phenoxy) is 2. The third kappa shape index (κ3) is 5.04. The number of alkyl halides is 3. The zero-order chi connectivity index (χ0) is 25.4. The van der Waals surface area contributed by atoms with Gasteiger partial charge in [0.2, 0.25) is 0 Å². The van der Waals surface area contributed by atoms with Crippen LogP contribution in [0.3, 0.4) is 0 Å². The molecule has 0 spiro atoms. The molecule has 1 saturated heterocycles. The molecular weight excluding hydrogens is 475 g/mol. The second kappa shape index (κ2) is 9.94. The van der Waals surface area contributed by atoms with E-state index in [0.29, 0.717) is 49.6 Å². The van der Waals surface area contributed by atoms with Crippen LogP contribution < -0.4 is 9.47 Å². The van der Waals surface area contributed by atoms with Gasteiger partial charge in [0, 0.05) is 30.7 Å². The van der Waals surface area contributed by atoms with Crippen LogP contribution in [0.25, 0.3) is 0 Å². The van der Waals surface area contributed by atoms with Crippen molar-refractivity contribution in [2.75, 3.05) is 26.3 Å². The predicted molar refractivity (Wildman–Crippen MR) is 125 cm³/mol. The molecule has 0 radical (unpaired) electrons. The minimum atomic E-state index is -4.43. The minimum Gasteiger partial charge on any atom is -0.492 e. The summed E-state index contributed by atoms with van der Waals surface area (Å²) in [7, 11) is 0. The van der Waals surface area contributed by atoms with E-state index < -0.39 is 17.7 Å². The van der Waals surface area contributed by atoms with E-state index in [0.717, 1.165) is 29.5 Å². The standard InChI is InChI=1S/C27H30F3NO5/c28-27(29,30)23-5-3-21-20(22(23)13-31-9-7-16(14-32)8-10-31)4-6-24(21)36-18-1-2-19-17(11-26(33)34)15-35-25(19)12-18/h1-3,5,12,16-17,24,32H,4,6-11,13-15H2,(H,33,34)/t17?,24-/m1/s1. The normalized spacial score (nSPS) is 22.2. The van der Waals surface area contributed by atoms with Crippen molar-refractivity contribution in [3.63, 3.8) is 0 Å². The lowest BCUT2D eigenvalue weighted by Crippen LogP contribution is -2.35. The number of carboxylic acids is 1. The van der Waals surface area contributed by atoms with E-state index in [1.54, 1.807) is 18.2 Å². The second-order valence-electron chi connectivity index (χ2n) is 10.0. The number of piperidine rings is 1. The topological polar surface area (TPSA) is 79.2 Å². The molecule has 9 heteroatoms. The quantitative estimate of drug-likeness (QED) is 0.556. The van der Waals surface area contributed by atoms with Crippen molar-refractivity contribution in [3.05, 3.63) is 58.1 Å². The summed E-state index contributed by atoms with van der Waals surface area (Å²) in [4.78, 5) is 13.1. The fourth-order valence-electron chi connectivity index (χ4n) is 5.73. The van der Waals surface area contributed by atoms with Crippen LogP contribution in [0.2, 0.25) is 0 Å². The minimum absolute atomic E-state index is 0.00874. The Balaban J connectivity index is 1.37. The molecule has 1 unspecified atom stereocenters. The predicted octanol–water partition coefficient (Wildman–Crippen LogP) is 4.93. The number of rotatable bonds is 7. The molecule has 2 N–H and O–H groups in total. The van der Waals surface area contributed by atoms with Gasteiger partial charge in [-0.05, 0) is 73.5 Å². The molecule has 2 aliphatic heterocycles. The Hall–Kier alpha value is -2.78. The van der Waals surface area contributed by atoms with E-state index in [1.165, 1.54) is 6.07 Å². The summed E-state index contributed by atoms with van der Waals surface area (Å²) in [6.45, 7) is 2.00. The third-order valence-corrected chi connectivity index (χ3v) is 7.69. The number of aliphatic hydroxyl groups is 1. The number of aliphatic hydroxyl groups excluding tert-OH is 1. The number of nitrogens with zero attached hydrogens (tertiary/aromatic N) is 1. The van der Waals surface area contributed by atoms with Crippen LogP contribution in [0.15, 0.2) is 30.3 Å². The summed E-state index contributed by atoms with van der Waals surface area (Å²) < 4.78 is 53.7. The summed E-state index contributed by atoms with van der Waals surface area (Å²) in [6, 6.07) is 8.06. The fourth-order valence-corrected chi connectivity index (χ4v) is 5.73. The number of carbonyl (C=O) groups is 1. The highest BCUT2D eigenvalue weighted by Crippen LogP contribution is 2.44. The lowest BCUT2D eigenvalue weighted by molar-refractivity contribution is -0.139. The summed E-state index contributed by atoms with van der Waals surface area (Å²) in [5.74, 6) is 0.278. The number of carboxylic acid groups (broad SMARTS) is 1. The first-order valence-corrected chi connectivity index (χ1v) is 12.4. The Bertz CT molecular complexity index is 1130. The molecule has 1 fully saturated rings. The van der Waals surface area contributed by atoms with Gasteiger partial charge >= 0.3 is 12.1 Å². The van der Waals surface area contributed by atoms with Gasteiger partial charge in [-0.25, -0.2) is 0 Å². The zero-order valence-corrected chi connectivity index (χ0v) is 19.9. The first-order valence-electron chi connectivity index (χ1n) is 12.4. The number of halogens is 3. The van der Waals surface area contributed by atoms with Crippen LogP contribution in [0.1, 0.15) is 65.5 Å². The molecule has 2 aromatic carbocycles. The van der Waals surface area contributed by atoms with Crippen molar-refractivity contribution in [3.8, 4) is 11.5 Å².